The average molecular weight is 258 g/mol. The number of benzene rings is 1. The summed E-state index contributed by atoms with van der Waals surface area (Å²) in [5.74, 6) is -0.0912. The van der Waals surface area contributed by atoms with Crippen molar-refractivity contribution in [2.45, 2.75) is 6.92 Å². The third kappa shape index (κ3) is 1.78. The van der Waals surface area contributed by atoms with E-state index in [0.717, 1.165) is 33.7 Å². The average Bonchev–Trinajstić information content (AvgIpc) is 2.84. The van der Waals surface area contributed by atoms with Gasteiger partial charge in [-0.2, -0.15) is 0 Å². The first-order valence-corrected chi connectivity index (χ1v) is 6.24. The van der Waals surface area contributed by atoms with Crippen LogP contribution in [0.1, 0.15) is 16.0 Å². The molecule has 90 valence electrons. The van der Waals surface area contributed by atoms with Crippen molar-refractivity contribution in [3.8, 4) is 5.88 Å². The van der Waals surface area contributed by atoms with Gasteiger partial charge in [0, 0.05) is 17.4 Å². The zero-order valence-electron chi connectivity index (χ0n) is 9.60. The van der Waals surface area contributed by atoms with Crippen LogP contribution < -0.4 is 4.87 Å². The number of hydrogen-bond donors (Lipinski definition) is 2. The van der Waals surface area contributed by atoms with E-state index in [0.29, 0.717) is 4.88 Å². The van der Waals surface area contributed by atoms with Crippen LogP contribution in [0.25, 0.3) is 11.6 Å². The molecular weight excluding hydrogens is 248 g/mol. The van der Waals surface area contributed by atoms with Gasteiger partial charge < -0.3 is 5.11 Å². The molecule has 0 unspecified atom stereocenters. The van der Waals surface area contributed by atoms with Crippen molar-refractivity contribution in [2.75, 3.05) is 0 Å². The molecule has 18 heavy (non-hydrogen) atoms. The summed E-state index contributed by atoms with van der Waals surface area (Å²) in [6.07, 6.45) is 3.51. The van der Waals surface area contributed by atoms with E-state index in [2.05, 4.69) is 9.98 Å². The van der Waals surface area contributed by atoms with Crippen LogP contribution in [0.3, 0.4) is 0 Å². The maximum atomic E-state index is 11.1. The molecule has 1 aromatic heterocycles. The Balaban J connectivity index is 2.09. The van der Waals surface area contributed by atoms with Crippen LogP contribution in [-0.4, -0.2) is 16.3 Å². The van der Waals surface area contributed by atoms with Crippen LogP contribution in [-0.2, 0) is 0 Å². The number of thiazole rings is 1. The summed E-state index contributed by atoms with van der Waals surface area (Å²) in [7, 11) is 0. The normalized spacial score (nSPS) is 15.3. The molecule has 0 atom stereocenters. The molecule has 2 heterocycles. The summed E-state index contributed by atoms with van der Waals surface area (Å²) in [5.41, 5.74) is 3.99. The van der Waals surface area contributed by atoms with Gasteiger partial charge in [0.1, 0.15) is 0 Å². The van der Waals surface area contributed by atoms with Gasteiger partial charge in [-0.15, -0.1) is 0 Å². The van der Waals surface area contributed by atoms with Crippen LogP contribution in [0.2, 0.25) is 0 Å². The van der Waals surface area contributed by atoms with Crippen molar-refractivity contribution in [3.05, 3.63) is 43.9 Å². The van der Waals surface area contributed by atoms with E-state index in [-0.39, 0.29) is 10.8 Å². The minimum atomic E-state index is -0.265. The summed E-state index contributed by atoms with van der Waals surface area (Å²) in [5, 5.41) is 9.55. The third-order valence-corrected chi connectivity index (χ3v) is 3.57. The molecule has 2 N–H and O–H groups in total. The van der Waals surface area contributed by atoms with E-state index >= 15 is 0 Å². The van der Waals surface area contributed by atoms with Gasteiger partial charge in [-0.3, -0.25) is 14.8 Å². The lowest BCUT2D eigenvalue weighted by atomic mass is 10.0. The second-order valence-electron chi connectivity index (χ2n) is 4.11. The fourth-order valence-corrected chi connectivity index (χ4v) is 2.57. The van der Waals surface area contributed by atoms with Gasteiger partial charge in [0.25, 0.3) is 0 Å². The van der Waals surface area contributed by atoms with E-state index < -0.39 is 0 Å². The molecule has 4 nitrogen and oxygen atoms in total. The summed E-state index contributed by atoms with van der Waals surface area (Å²) in [4.78, 5) is 18.0. The summed E-state index contributed by atoms with van der Waals surface area (Å²) < 4.78 is 0. The Hall–Kier alpha value is -2.14. The fraction of sp³-hybridized carbons (Fsp3) is 0.0769. The number of nitrogens with one attached hydrogen (secondary N) is 1. The van der Waals surface area contributed by atoms with E-state index in [1.165, 1.54) is 0 Å². The number of allylic oxidation sites excluding steroid dienone is 1. The smallest absolute Gasteiger partial charge is 0.307 e. The highest BCUT2D eigenvalue weighted by atomic mass is 32.1. The van der Waals surface area contributed by atoms with Gasteiger partial charge in [-0.1, -0.05) is 23.5 Å². The van der Waals surface area contributed by atoms with Crippen molar-refractivity contribution < 1.29 is 5.11 Å². The number of rotatable bonds is 1. The molecule has 0 amide bonds. The number of aromatic nitrogens is 1. The number of aliphatic imine (C=N–C) groups is 1. The second-order valence-corrected chi connectivity index (χ2v) is 5.12. The lowest BCUT2D eigenvalue weighted by molar-refractivity contribution is 0.455. The predicted octanol–water partition coefficient (Wildman–Crippen LogP) is 2.71. The molecule has 0 bridgehead atoms. The zero-order chi connectivity index (χ0) is 12.7. The number of fused-ring (bicyclic) bond motifs is 1. The quantitative estimate of drug-likeness (QED) is 0.826. The maximum absolute atomic E-state index is 11.1. The van der Waals surface area contributed by atoms with Gasteiger partial charge in [-0.25, -0.2) is 0 Å². The molecule has 1 aliphatic rings. The molecule has 3 rings (SSSR count). The van der Waals surface area contributed by atoms with Crippen LogP contribution in [0, 0.1) is 6.92 Å². The Morgan fingerprint density at radius 2 is 2.28 bits per heavy atom. The van der Waals surface area contributed by atoms with E-state index in [4.69, 9.17) is 0 Å². The lowest BCUT2D eigenvalue weighted by Crippen LogP contribution is -1.89. The molecule has 5 heteroatoms. The summed E-state index contributed by atoms with van der Waals surface area (Å²) >= 11 is 0.980. The van der Waals surface area contributed by atoms with Crippen LogP contribution in [0.5, 0.6) is 5.88 Å². The van der Waals surface area contributed by atoms with Crippen molar-refractivity contribution in [1.82, 2.24) is 4.98 Å². The lowest BCUT2D eigenvalue weighted by Gasteiger charge is -2.00. The van der Waals surface area contributed by atoms with Gasteiger partial charge in [0.2, 0.25) is 5.88 Å². The minimum Gasteiger partial charge on any atom is -0.493 e. The first kappa shape index (κ1) is 11.0. The molecule has 0 spiro atoms. The Kier molecular flexibility index (Phi) is 2.41. The zero-order valence-corrected chi connectivity index (χ0v) is 10.4. The standard InChI is InChI=1S/C13H10N2O2S/c1-7-2-3-9-8(6-14-10(9)4-7)5-11-12(16)15-13(17)18-11/h2-6,16H,1H3,(H,15,17). The first-order chi connectivity index (χ1) is 8.63. The van der Waals surface area contributed by atoms with Crippen molar-refractivity contribution in [1.29, 1.82) is 0 Å². The first-order valence-electron chi connectivity index (χ1n) is 5.42. The second kappa shape index (κ2) is 3.96. The van der Waals surface area contributed by atoms with Gasteiger partial charge >= 0.3 is 4.87 Å². The number of nitrogens with zero attached hydrogens (tertiary/aromatic N) is 1. The summed E-state index contributed by atoms with van der Waals surface area (Å²) in [6, 6.07) is 6.02. The van der Waals surface area contributed by atoms with E-state index in [1.54, 1.807) is 12.3 Å². The Morgan fingerprint density at radius 1 is 1.44 bits per heavy atom. The molecule has 0 saturated heterocycles. The van der Waals surface area contributed by atoms with Crippen LogP contribution in [0.4, 0.5) is 5.69 Å². The molecule has 0 radical (unpaired) electrons. The molecule has 0 saturated carbocycles. The maximum Gasteiger partial charge on any atom is 0.307 e. The highest BCUT2D eigenvalue weighted by Crippen LogP contribution is 2.34. The van der Waals surface area contributed by atoms with Gasteiger partial charge in [0.05, 0.1) is 10.6 Å². The fourth-order valence-electron chi connectivity index (χ4n) is 1.89. The molecule has 0 aliphatic carbocycles. The van der Waals surface area contributed by atoms with Crippen molar-refractivity contribution >= 4 is 34.9 Å². The van der Waals surface area contributed by atoms with Crippen molar-refractivity contribution in [2.24, 2.45) is 4.99 Å². The van der Waals surface area contributed by atoms with Crippen LogP contribution >= 0.6 is 11.3 Å². The predicted molar refractivity (Wildman–Crippen MR) is 73.8 cm³/mol. The number of aromatic amines is 1. The molecule has 0 fully saturated rings. The Bertz CT molecular complexity index is 738. The largest absolute Gasteiger partial charge is 0.493 e. The Labute approximate surface area is 107 Å². The molecule has 2 aromatic rings. The van der Waals surface area contributed by atoms with E-state index in [9.17, 15) is 9.90 Å². The monoisotopic (exact) mass is 258 g/mol. The van der Waals surface area contributed by atoms with E-state index in [1.807, 2.05) is 25.1 Å². The number of H-pyrrole nitrogens is 1. The molecule has 1 aromatic carbocycles. The van der Waals surface area contributed by atoms with Crippen LogP contribution in [0.15, 0.2) is 28.0 Å². The summed E-state index contributed by atoms with van der Waals surface area (Å²) in [6.45, 7) is 2.02. The molecular formula is C13H10N2O2S. The molecule has 1 aliphatic heterocycles. The third-order valence-electron chi connectivity index (χ3n) is 2.75. The SMILES string of the molecule is Cc1ccc2c(c1)N=CC2=Cc1sc(=O)[nH]c1O. The highest BCUT2D eigenvalue weighted by Gasteiger charge is 2.13. The van der Waals surface area contributed by atoms with Gasteiger partial charge in [0.15, 0.2) is 0 Å². The highest BCUT2D eigenvalue weighted by molar-refractivity contribution is 7.10. The van der Waals surface area contributed by atoms with Crippen molar-refractivity contribution in [3.63, 3.8) is 0 Å². The minimum absolute atomic E-state index is 0.0912. The number of hydrogen-bond acceptors (Lipinski definition) is 4. The number of aryl methyl sites for hydroxylation is 1. The number of aromatic hydroxyl groups is 1. The topological polar surface area (TPSA) is 65.5 Å². The van der Waals surface area contributed by atoms with Gasteiger partial charge in [-0.05, 0) is 24.6 Å². The Morgan fingerprint density at radius 3 is 3.00 bits per heavy atom.